The predicted octanol–water partition coefficient (Wildman–Crippen LogP) is 4.87. The summed E-state index contributed by atoms with van der Waals surface area (Å²) in [6.07, 6.45) is 8.87. The first-order valence-corrected chi connectivity index (χ1v) is 10.5. The van der Waals surface area contributed by atoms with Crippen LogP contribution in [-0.4, -0.2) is 21.4 Å². The third-order valence-corrected chi connectivity index (χ3v) is 5.11. The highest BCUT2D eigenvalue weighted by Crippen LogP contribution is 2.64. The molecule has 0 atom stereocenters. The Morgan fingerprint density at radius 3 is 0.852 bits per heavy atom. The number of hydrogen-bond acceptors (Lipinski definition) is 6. The van der Waals surface area contributed by atoms with Gasteiger partial charge in [-0.3, -0.25) is 0 Å². The van der Waals surface area contributed by atoms with Crippen molar-refractivity contribution in [1.29, 1.82) is 0 Å². The third kappa shape index (κ3) is 3.53. The summed E-state index contributed by atoms with van der Waals surface area (Å²) in [6, 6.07) is 0. The smallest absolute Gasteiger partial charge is 0.520 e. The quantitative estimate of drug-likeness (QED) is 0.577. The zero-order valence-corrected chi connectivity index (χ0v) is 16.5. The van der Waals surface area contributed by atoms with E-state index in [-0.39, 0.29) is 21.4 Å². The van der Waals surface area contributed by atoms with E-state index in [9.17, 15) is 0 Å². The van der Waals surface area contributed by atoms with Crippen LogP contribution in [0.25, 0.3) is 0 Å². The third-order valence-electron chi connectivity index (χ3n) is 5.11. The molecule has 0 radical (unpaired) electrons. The minimum Gasteiger partial charge on any atom is -0.520 e. The fraction of sp³-hybridized carbons (Fsp3) is 0.667. The summed E-state index contributed by atoms with van der Waals surface area (Å²) in [5.74, 6) is 3.60. The number of benzene rings is 1. The van der Waals surface area contributed by atoms with Gasteiger partial charge in [-0.05, 0) is 0 Å². The summed E-state index contributed by atoms with van der Waals surface area (Å²) in [5, 5.41) is 0. The average molecular weight is 372 g/mol. The predicted molar refractivity (Wildman–Crippen MR) is 107 cm³/mol. The topological polar surface area (TPSA) is 55.4 Å². The normalized spacial score (nSPS) is 15.9. The minimum absolute atomic E-state index is 0.313. The van der Waals surface area contributed by atoms with Gasteiger partial charge in [0.05, 0.1) is 0 Å². The molecule has 0 saturated carbocycles. The van der Waals surface area contributed by atoms with Crippen molar-refractivity contribution in [3.05, 3.63) is 0 Å². The van der Waals surface area contributed by atoms with Crippen molar-refractivity contribution in [3.8, 4) is 34.5 Å². The van der Waals surface area contributed by atoms with Crippen LogP contribution in [-0.2, 0) is 0 Å². The lowest BCUT2D eigenvalue weighted by Gasteiger charge is -2.08. The Bertz CT molecular complexity index is 531. The van der Waals surface area contributed by atoms with E-state index in [4.69, 9.17) is 27.9 Å². The molecule has 0 N–H and O–H groups in total. The molecule has 144 valence electrons. The summed E-state index contributed by atoms with van der Waals surface area (Å²) in [4.78, 5) is 0. The van der Waals surface area contributed by atoms with Gasteiger partial charge in [0.1, 0.15) is 0 Å². The summed E-state index contributed by atoms with van der Waals surface area (Å²) in [5.41, 5.74) is 0. The first kappa shape index (κ1) is 18.6. The van der Waals surface area contributed by atoms with Crippen molar-refractivity contribution in [3.63, 3.8) is 0 Å². The summed E-state index contributed by atoms with van der Waals surface area (Å²) >= 11 is 0. The molecule has 9 heteroatoms. The van der Waals surface area contributed by atoms with Crippen LogP contribution in [0, 0.1) is 0 Å². The lowest BCUT2D eigenvalue weighted by molar-refractivity contribution is 0.463. The highest BCUT2D eigenvalue weighted by atomic mass is 16.7. The fourth-order valence-electron chi connectivity index (χ4n) is 3.59. The Hall–Kier alpha value is -1.79. The lowest BCUT2D eigenvalue weighted by Crippen LogP contribution is -2.25. The van der Waals surface area contributed by atoms with Gasteiger partial charge in [0.15, 0.2) is 34.5 Å². The van der Waals surface area contributed by atoms with Crippen LogP contribution in [0.4, 0.5) is 0 Å². The Kier molecular flexibility index (Phi) is 5.55. The van der Waals surface area contributed by atoms with Crippen molar-refractivity contribution in [2.24, 2.45) is 0 Å². The van der Waals surface area contributed by atoms with Gasteiger partial charge in [0, 0.05) is 19.0 Å². The molecule has 0 unspecified atom stereocenters. The van der Waals surface area contributed by atoms with Gasteiger partial charge in [0.2, 0.25) is 0 Å². The standard InChI is InChI=1S/C18H27B3O6/c1-4-7-10-19-22-13-14(23-19)16-18(27-21(25-16)12-9-6-3)17-15(13)24-20(26-17)11-8-5-2/h4-12H2,1-3H3. The SMILES string of the molecule is CCCCB1Oc2c3c(c4c(c2O1)OB(CCCC)O4)OB(CCCC)O3. The lowest BCUT2D eigenvalue weighted by atomic mass is 9.82. The summed E-state index contributed by atoms with van der Waals surface area (Å²) in [6.45, 7) is 6.46. The molecule has 0 spiro atoms. The second kappa shape index (κ2) is 8.07. The molecular weight excluding hydrogens is 345 g/mol. The van der Waals surface area contributed by atoms with E-state index in [1.165, 1.54) is 0 Å². The van der Waals surface area contributed by atoms with Crippen molar-refractivity contribution < 1.29 is 27.9 Å². The van der Waals surface area contributed by atoms with Crippen LogP contribution in [0.2, 0.25) is 19.0 Å². The first-order chi connectivity index (χ1) is 13.2. The van der Waals surface area contributed by atoms with Crippen molar-refractivity contribution >= 4 is 21.4 Å². The van der Waals surface area contributed by atoms with Crippen LogP contribution in [0.5, 0.6) is 34.5 Å². The van der Waals surface area contributed by atoms with Crippen molar-refractivity contribution in [1.82, 2.24) is 0 Å². The van der Waals surface area contributed by atoms with Crippen LogP contribution in [0.3, 0.4) is 0 Å². The molecule has 0 aliphatic carbocycles. The zero-order valence-electron chi connectivity index (χ0n) is 16.5. The largest absolute Gasteiger partial charge is 0.594 e. The van der Waals surface area contributed by atoms with Crippen LogP contribution in [0.1, 0.15) is 59.3 Å². The Balaban J connectivity index is 1.61. The maximum atomic E-state index is 6.08. The Labute approximate surface area is 162 Å². The van der Waals surface area contributed by atoms with Crippen LogP contribution < -0.4 is 27.9 Å². The second-order valence-corrected chi connectivity index (χ2v) is 7.40. The number of unbranched alkanes of at least 4 members (excludes halogenated alkanes) is 3. The van der Waals surface area contributed by atoms with Gasteiger partial charge in [0.25, 0.3) is 0 Å². The molecule has 0 bridgehead atoms. The van der Waals surface area contributed by atoms with Crippen molar-refractivity contribution in [2.75, 3.05) is 0 Å². The van der Waals surface area contributed by atoms with Gasteiger partial charge < -0.3 is 27.9 Å². The van der Waals surface area contributed by atoms with Gasteiger partial charge in [-0.2, -0.15) is 0 Å². The van der Waals surface area contributed by atoms with Gasteiger partial charge in [-0.15, -0.1) is 0 Å². The van der Waals surface area contributed by atoms with E-state index >= 15 is 0 Å². The monoisotopic (exact) mass is 372 g/mol. The Morgan fingerprint density at radius 1 is 0.444 bits per heavy atom. The molecule has 0 fully saturated rings. The molecule has 0 amide bonds. The summed E-state index contributed by atoms with van der Waals surface area (Å²) < 4.78 is 36.5. The van der Waals surface area contributed by atoms with E-state index in [2.05, 4.69) is 20.8 Å². The van der Waals surface area contributed by atoms with Crippen LogP contribution in [0.15, 0.2) is 0 Å². The van der Waals surface area contributed by atoms with Crippen molar-refractivity contribution in [2.45, 2.75) is 78.3 Å². The number of rotatable bonds is 9. The summed E-state index contributed by atoms with van der Waals surface area (Å²) in [7, 11) is -0.939. The van der Waals surface area contributed by atoms with E-state index in [1.807, 2.05) is 0 Å². The molecule has 4 rings (SSSR count). The molecule has 3 heterocycles. The molecule has 0 aromatic heterocycles. The van der Waals surface area contributed by atoms with E-state index < -0.39 is 0 Å². The van der Waals surface area contributed by atoms with Gasteiger partial charge in [-0.1, -0.05) is 59.3 Å². The zero-order chi connectivity index (χ0) is 18.8. The molecular formula is C18H27B3O6. The molecule has 0 saturated heterocycles. The molecule has 6 nitrogen and oxygen atoms in total. The molecule has 27 heavy (non-hydrogen) atoms. The maximum Gasteiger partial charge on any atom is 0.594 e. The Morgan fingerprint density at radius 2 is 0.667 bits per heavy atom. The van der Waals surface area contributed by atoms with E-state index in [0.29, 0.717) is 34.5 Å². The van der Waals surface area contributed by atoms with Gasteiger partial charge >= 0.3 is 21.4 Å². The first-order valence-electron chi connectivity index (χ1n) is 10.5. The molecule has 1 aromatic carbocycles. The maximum absolute atomic E-state index is 6.08. The fourth-order valence-corrected chi connectivity index (χ4v) is 3.59. The molecule has 1 aromatic rings. The molecule has 3 aliphatic heterocycles. The highest BCUT2D eigenvalue weighted by Gasteiger charge is 2.49. The number of fused-ring (bicyclic) bond motifs is 6. The number of hydrogen-bond donors (Lipinski definition) is 0. The minimum atomic E-state index is -0.313. The average Bonchev–Trinajstić information content (AvgIpc) is 3.38. The highest BCUT2D eigenvalue weighted by molar-refractivity contribution is 6.51. The second-order valence-electron chi connectivity index (χ2n) is 7.40. The molecule has 3 aliphatic rings. The van der Waals surface area contributed by atoms with E-state index in [0.717, 1.165) is 57.5 Å². The van der Waals surface area contributed by atoms with Crippen LogP contribution >= 0.6 is 0 Å². The van der Waals surface area contributed by atoms with E-state index in [1.54, 1.807) is 0 Å². The van der Waals surface area contributed by atoms with Gasteiger partial charge in [-0.25, -0.2) is 0 Å².